The van der Waals surface area contributed by atoms with Crippen LogP contribution in [0.1, 0.15) is 96.8 Å². The van der Waals surface area contributed by atoms with Crippen molar-refractivity contribution < 1.29 is 99.8 Å². The fourth-order valence-corrected chi connectivity index (χ4v) is 6.74. The quantitative estimate of drug-likeness (QED) is 0.0716. The highest BCUT2D eigenvalue weighted by Crippen LogP contribution is 2.13. The molecule has 1 N–H and O–H groups in total. The maximum absolute atomic E-state index is 8.61. The molecular weight excluding hydrogens is 1010 g/mol. The van der Waals surface area contributed by atoms with Gasteiger partial charge in [-0.2, -0.15) is 0 Å². The molecule has 21 heteroatoms. The van der Waals surface area contributed by atoms with E-state index in [1.54, 1.807) is 0 Å². The fraction of sp³-hybridized carbons (Fsp3) is 1.00. The second-order valence-electron chi connectivity index (χ2n) is 17.6. The van der Waals surface area contributed by atoms with Crippen LogP contribution in [0.15, 0.2) is 0 Å². The van der Waals surface area contributed by atoms with Gasteiger partial charge in [0.2, 0.25) is 0 Å². The van der Waals surface area contributed by atoms with Crippen LogP contribution in [0.2, 0.25) is 0 Å². The van der Waals surface area contributed by atoms with Crippen LogP contribution in [0.5, 0.6) is 0 Å². The lowest BCUT2D eigenvalue weighted by atomic mass is 10.0. The van der Waals surface area contributed by atoms with Crippen LogP contribution >= 0.6 is 0 Å². The molecule has 0 amide bonds. The van der Waals surface area contributed by atoms with Crippen LogP contribution in [-0.4, -0.2) is 276 Å². The van der Waals surface area contributed by atoms with Gasteiger partial charge in [0.05, 0.1) is 264 Å². The second-order valence-corrected chi connectivity index (χ2v) is 17.6. The number of unbranched alkanes of at least 4 members (excludes halogenated alkanes) is 13. The van der Waals surface area contributed by atoms with Crippen LogP contribution in [0, 0.1) is 0 Å². The maximum atomic E-state index is 8.61. The van der Waals surface area contributed by atoms with Gasteiger partial charge in [-0.25, -0.2) is 0 Å². The van der Waals surface area contributed by atoms with E-state index in [0.29, 0.717) is 258 Å². The number of ether oxygens (including phenoxy) is 20. The first kappa shape index (κ1) is 76.2. The summed E-state index contributed by atoms with van der Waals surface area (Å²) in [5.74, 6) is 0. The van der Waals surface area contributed by atoms with Gasteiger partial charge in [-0.15, -0.1) is 0 Å². The van der Waals surface area contributed by atoms with E-state index in [1.165, 1.54) is 83.5 Å². The summed E-state index contributed by atoms with van der Waals surface area (Å²) in [6.45, 7) is 22.7. The summed E-state index contributed by atoms with van der Waals surface area (Å²) in [5.41, 5.74) is 0. The molecule has 0 rings (SSSR count). The molecule has 0 saturated heterocycles. The van der Waals surface area contributed by atoms with E-state index in [9.17, 15) is 0 Å². The van der Waals surface area contributed by atoms with E-state index < -0.39 is 0 Å². The molecular formula is C56H114O21. The Morgan fingerprint density at radius 1 is 0.143 bits per heavy atom. The van der Waals surface area contributed by atoms with Crippen LogP contribution in [0.25, 0.3) is 0 Å². The van der Waals surface area contributed by atoms with Gasteiger partial charge in [-0.1, -0.05) is 90.4 Å². The molecule has 0 aromatic rings. The third-order valence-corrected chi connectivity index (χ3v) is 10.9. The van der Waals surface area contributed by atoms with Crippen molar-refractivity contribution in [3.05, 3.63) is 0 Å². The number of hydrogen-bond donors (Lipinski definition) is 1. The van der Waals surface area contributed by atoms with E-state index in [4.69, 9.17) is 99.8 Å². The molecule has 0 fully saturated rings. The molecule has 0 heterocycles. The lowest BCUT2D eigenvalue weighted by molar-refractivity contribution is -0.0315. The molecule has 0 aliphatic heterocycles. The average molecular weight is 1120 g/mol. The van der Waals surface area contributed by atoms with Crippen molar-refractivity contribution >= 4 is 0 Å². The molecule has 0 spiro atoms. The zero-order valence-corrected chi connectivity index (χ0v) is 48.5. The second kappa shape index (κ2) is 75.2. The monoisotopic (exact) mass is 1120 g/mol. The van der Waals surface area contributed by atoms with Crippen molar-refractivity contribution in [2.75, 3.05) is 271 Å². The number of aliphatic hydroxyl groups is 1. The van der Waals surface area contributed by atoms with E-state index in [-0.39, 0.29) is 6.61 Å². The van der Waals surface area contributed by atoms with Crippen molar-refractivity contribution in [1.29, 1.82) is 0 Å². The van der Waals surface area contributed by atoms with Crippen molar-refractivity contribution in [2.24, 2.45) is 0 Å². The van der Waals surface area contributed by atoms with E-state index in [2.05, 4.69) is 6.92 Å². The molecule has 464 valence electrons. The maximum Gasteiger partial charge on any atom is 0.0701 e. The summed E-state index contributed by atoms with van der Waals surface area (Å²) >= 11 is 0. The first-order chi connectivity index (χ1) is 38.4. The minimum Gasteiger partial charge on any atom is -0.394 e. The predicted octanol–water partition coefficient (Wildman–Crippen LogP) is 5.79. The Kier molecular flexibility index (Phi) is 74.3. The van der Waals surface area contributed by atoms with Crippen LogP contribution in [0.4, 0.5) is 0 Å². The van der Waals surface area contributed by atoms with Gasteiger partial charge in [-0.3, -0.25) is 0 Å². The highest BCUT2D eigenvalue weighted by atomic mass is 16.6. The molecule has 0 aromatic heterocycles. The van der Waals surface area contributed by atoms with Crippen LogP contribution in [0.3, 0.4) is 0 Å². The molecule has 0 radical (unpaired) electrons. The summed E-state index contributed by atoms with van der Waals surface area (Å²) in [7, 11) is 0. The average Bonchev–Trinajstić information content (AvgIpc) is 3.44. The van der Waals surface area contributed by atoms with Gasteiger partial charge in [0, 0.05) is 6.61 Å². The molecule has 0 aromatic carbocycles. The minimum absolute atomic E-state index is 0.0202. The van der Waals surface area contributed by atoms with E-state index >= 15 is 0 Å². The Bertz CT molecular complexity index is 925. The Balaban J connectivity index is 3.08. The van der Waals surface area contributed by atoms with Crippen molar-refractivity contribution in [1.82, 2.24) is 0 Å². The highest BCUT2D eigenvalue weighted by Gasteiger charge is 2.00. The molecule has 0 atom stereocenters. The fourth-order valence-electron chi connectivity index (χ4n) is 6.74. The topological polar surface area (TPSA) is 205 Å². The molecule has 77 heavy (non-hydrogen) atoms. The Labute approximate surface area is 466 Å². The third-order valence-electron chi connectivity index (χ3n) is 10.9. The smallest absolute Gasteiger partial charge is 0.0701 e. The number of aliphatic hydroxyl groups excluding tert-OH is 1. The van der Waals surface area contributed by atoms with Crippen molar-refractivity contribution in [3.8, 4) is 0 Å². The largest absolute Gasteiger partial charge is 0.394 e. The lowest BCUT2D eigenvalue weighted by Gasteiger charge is -2.09. The van der Waals surface area contributed by atoms with Gasteiger partial charge in [0.15, 0.2) is 0 Å². The van der Waals surface area contributed by atoms with E-state index in [0.717, 1.165) is 13.0 Å². The predicted molar refractivity (Wildman–Crippen MR) is 294 cm³/mol. The number of rotatable bonds is 74. The Morgan fingerprint density at radius 3 is 0.403 bits per heavy atom. The minimum atomic E-state index is 0.0202. The summed E-state index contributed by atoms with van der Waals surface area (Å²) in [6, 6.07) is 0. The van der Waals surface area contributed by atoms with Crippen LogP contribution in [-0.2, 0) is 94.7 Å². The summed E-state index contributed by atoms with van der Waals surface area (Å²) in [6.07, 6.45) is 19.2. The SMILES string of the molecule is CCCCCCCCCCCCCCCCOCCOCCOCCOCCOCCOCCOCCOCCOCCOCCOCCOCCOCCOCCOCCOCCOCCOCCOCCOCCO. The first-order valence-corrected chi connectivity index (χ1v) is 29.6. The van der Waals surface area contributed by atoms with Gasteiger partial charge < -0.3 is 99.8 Å². The third kappa shape index (κ3) is 75.2. The van der Waals surface area contributed by atoms with Gasteiger partial charge >= 0.3 is 0 Å². The molecule has 0 saturated carbocycles. The van der Waals surface area contributed by atoms with Crippen molar-refractivity contribution in [3.63, 3.8) is 0 Å². The molecule has 0 bridgehead atoms. The van der Waals surface area contributed by atoms with Crippen LogP contribution < -0.4 is 0 Å². The zero-order chi connectivity index (χ0) is 55.0. The number of hydrogen-bond acceptors (Lipinski definition) is 21. The summed E-state index contributed by atoms with van der Waals surface area (Å²) in [5, 5.41) is 8.61. The molecule has 0 unspecified atom stereocenters. The Morgan fingerprint density at radius 2 is 0.260 bits per heavy atom. The van der Waals surface area contributed by atoms with E-state index in [1.807, 2.05) is 0 Å². The lowest BCUT2D eigenvalue weighted by Crippen LogP contribution is -2.16. The molecule has 0 aliphatic carbocycles. The Hall–Kier alpha value is -0.840. The first-order valence-electron chi connectivity index (χ1n) is 29.6. The highest BCUT2D eigenvalue weighted by molar-refractivity contribution is 4.50. The summed E-state index contributed by atoms with van der Waals surface area (Å²) < 4.78 is 110. The van der Waals surface area contributed by atoms with Crippen molar-refractivity contribution in [2.45, 2.75) is 96.8 Å². The van der Waals surface area contributed by atoms with Gasteiger partial charge in [0.1, 0.15) is 0 Å². The molecule has 21 nitrogen and oxygen atoms in total. The normalized spacial score (nSPS) is 11.8. The summed E-state index contributed by atoms with van der Waals surface area (Å²) in [4.78, 5) is 0. The van der Waals surface area contributed by atoms with Gasteiger partial charge in [-0.05, 0) is 6.42 Å². The molecule has 0 aliphatic rings. The standard InChI is InChI=1S/C56H114O21/c1-2-3-4-5-6-7-8-9-10-11-12-13-14-15-17-58-19-21-60-23-25-62-27-29-64-31-33-66-35-37-68-39-41-70-43-45-72-47-49-74-51-53-76-55-56-77-54-52-75-50-48-73-46-44-71-42-40-69-38-36-67-34-32-65-30-28-63-26-24-61-22-20-59-18-16-57/h57H,2-56H2,1H3. The zero-order valence-electron chi connectivity index (χ0n) is 48.5. The van der Waals surface area contributed by atoms with Gasteiger partial charge in [0.25, 0.3) is 0 Å².